The number of sulfonamides is 1. The predicted molar refractivity (Wildman–Crippen MR) is 79.6 cm³/mol. The second-order valence-electron chi connectivity index (χ2n) is 5.11. The molecular weight excluding hydrogens is 293 g/mol. The molecule has 1 N–H and O–H groups in total. The molecule has 0 heterocycles. The van der Waals surface area contributed by atoms with Crippen LogP contribution in [0.5, 0.6) is 0 Å². The van der Waals surface area contributed by atoms with Gasteiger partial charge in [-0.05, 0) is 30.5 Å². The Morgan fingerprint density at radius 2 is 2.05 bits per heavy atom. The van der Waals surface area contributed by atoms with Crippen molar-refractivity contribution in [2.24, 2.45) is 5.92 Å². The summed E-state index contributed by atoms with van der Waals surface area (Å²) >= 11 is 0. The molecule has 0 saturated carbocycles. The van der Waals surface area contributed by atoms with E-state index in [0.29, 0.717) is 24.4 Å². The Labute approximate surface area is 125 Å². The zero-order chi connectivity index (χ0) is 16.0. The highest BCUT2D eigenvalue weighted by Crippen LogP contribution is 2.20. The van der Waals surface area contributed by atoms with Gasteiger partial charge in [0, 0.05) is 19.2 Å². The molecule has 0 atom stereocenters. The predicted octanol–water partition coefficient (Wildman–Crippen LogP) is 1.84. The summed E-state index contributed by atoms with van der Waals surface area (Å²) in [5, 5.41) is 8.59. The number of halogens is 1. The van der Waals surface area contributed by atoms with Gasteiger partial charge in [-0.15, -0.1) is 0 Å². The summed E-state index contributed by atoms with van der Waals surface area (Å²) < 4.78 is 39.8. The molecule has 0 saturated heterocycles. The van der Waals surface area contributed by atoms with Crippen molar-refractivity contribution in [2.75, 3.05) is 20.2 Å². The van der Waals surface area contributed by atoms with Crippen molar-refractivity contribution in [3.8, 4) is 11.8 Å². The summed E-state index contributed by atoms with van der Waals surface area (Å²) in [7, 11) is -2.40. The van der Waals surface area contributed by atoms with Gasteiger partial charge in [0.05, 0.1) is 0 Å². The molecule has 1 aromatic rings. The van der Waals surface area contributed by atoms with Crippen LogP contribution in [0, 0.1) is 23.6 Å². The van der Waals surface area contributed by atoms with Gasteiger partial charge in [0.25, 0.3) is 0 Å². The molecule has 0 radical (unpaired) electrons. The van der Waals surface area contributed by atoms with Crippen molar-refractivity contribution in [3.63, 3.8) is 0 Å². The number of benzene rings is 1. The lowest BCUT2D eigenvalue weighted by Gasteiger charge is -2.18. The van der Waals surface area contributed by atoms with E-state index in [1.807, 2.05) is 13.8 Å². The van der Waals surface area contributed by atoms with E-state index in [9.17, 15) is 12.8 Å². The third-order valence-corrected chi connectivity index (χ3v) is 4.84. The van der Waals surface area contributed by atoms with Gasteiger partial charge in [-0.1, -0.05) is 25.7 Å². The second-order valence-corrected chi connectivity index (χ2v) is 7.13. The first-order chi connectivity index (χ1) is 9.78. The van der Waals surface area contributed by atoms with Crippen molar-refractivity contribution < 1.29 is 17.9 Å². The van der Waals surface area contributed by atoms with Gasteiger partial charge < -0.3 is 5.11 Å². The van der Waals surface area contributed by atoms with Crippen LogP contribution in [0.2, 0.25) is 0 Å². The SMILES string of the molecule is CC(C)CCN(C)S(=O)(=O)c1ccc(C#CCO)cc1F. The lowest BCUT2D eigenvalue weighted by atomic mass is 10.1. The van der Waals surface area contributed by atoms with Crippen molar-refractivity contribution in [1.82, 2.24) is 4.31 Å². The maximum absolute atomic E-state index is 14.0. The summed E-state index contributed by atoms with van der Waals surface area (Å²) in [4.78, 5) is -0.358. The topological polar surface area (TPSA) is 57.6 Å². The van der Waals surface area contributed by atoms with Crippen LogP contribution in [-0.2, 0) is 10.0 Å². The van der Waals surface area contributed by atoms with Gasteiger partial charge in [0.1, 0.15) is 17.3 Å². The summed E-state index contributed by atoms with van der Waals surface area (Å²) in [6, 6.07) is 3.69. The van der Waals surface area contributed by atoms with Gasteiger partial charge >= 0.3 is 0 Å². The monoisotopic (exact) mass is 313 g/mol. The summed E-state index contributed by atoms with van der Waals surface area (Å²) in [5.74, 6) is 4.45. The minimum Gasteiger partial charge on any atom is -0.384 e. The van der Waals surface area contributed by atoms with Crippen molar-refractivity contribution in [2.45, 2.75) is 25.2 Å². The van der Waals surface area contributed by atoms with E-state index in [4.69, 9.17) is 5.11 Å². The van der Waals surface area contributed by atoms with Crippen LogP contribution in [0.1, 0.15) is 25.8 Å². The number of aliphatic hydroxyl groups is 1. The van der Waals surface area contributed by atoms with E-state index in [1.54, 1.807) is 0 Å². The van der Waals surface area contributed by atoms with Gasteiger partial charge in [-0.2, -0.15) is 0 Å². The van der Waals surface area contributed by atoms with E-state index in [2.05, 4.69) is 11.8 Å². The van der Waals surface area contributed by atoms with Crippen LogP contribution < -0.4 is 0 Å². The van der Waals surface area contributed by atoms with Gasteiger partial charge in [0.15, 0.2) is 0 Å². The highest BCUT2D eigenvalue weighted by Gasteiger charge is 2.24. The van der Waals surface area contributed by atoms with Crippen LogP contribution >= 0.6 is 0 Å². The van der Waals surface area contributed by atoms with E-state index < -0.39 is 15.8 Å². The fourth-order valence-corrected chi connectivity index (χ4v) is 2.88. The Morgan fingerprint density at radius 3 is 2.57 bits per heavy atom. The smallest absolute Gasteiger partial charge is 0.245 e. The molecule has 116 valence electrons. The molecule has 0 aliphatic carbocycles. The molecule has 0 amide bonds. The Kier molecular flexibility index (Phi) is 6.34. The molecule has 6 heteroatoms. The Balaban J connectivity index is 3.03. The fourth-order valence-electron chi connectivity index (χ4n) is 1.66. The molecular formula is C15H20FNO3S. The first-order valence-corrected chi connectivity index (χ1v) is 8.08. The van der Waals surface area contributed by atoms with E-state index in [-0.39, 0.29) is 11.5 Å². The van der Waals surface area contributed by atoms with Crippen LogP contribution in [0.3, 0.4) is 0 Å². The minimum absolute atomic E-state index is 0.324. The third-order valence-electron chi connectivity index (χ3n) is 2.95. The number of hydrogen-bond acceptors (Lipinski definition) is 3. The van der Waals surface area contributed by atoms with Crippen LogP contribution in [0.15, 0.2) is 23.1 Å². The van der Waals surface area contributed by atoms with Gasteiger partial charge in [-0.3, -0.25) is 0 Å². The number of hydrogen-bond donors (Lipinski definition) is 1. The first-order valence-electron chi connectivity index (χ1n) is 6.64. The van der Waals surface area contributed by atoms with E-state index in [1.165, 1.54) is 19.2 Å². The molecule has 0 aliphatic heterocycles. The van der Waals surface area contributed by atoms with Crippen LogP contribution in [0.25, 0.3) is 0 Å². The van der Waals surface area contributed by atoms with E-state index >= 15 is 0 Å². The van der Waals surface area contributed by atoms with Crippen molar-refractivity contribution in [1.29, 1.82) is 0 Å². The standard InChI is InChI=1S/C15H20FNO3S/c1-12(2)8-9-17(3)21(19,20)15-7-6-13(5-4-10-18)11-14(15)16/h6-7,11-12,18H,8-10H2,1-3H3. The minimum atomic E-state index is -3.84. The number of rotatable bonds is 5. The Morgan fingerprint density at radius 1 is 1.38 bits per heavy atom. The highest BCUT2D eigenvalue weighted by atomic mass is 32.2. The Hall–Kier alpha value is -1.42. The average Bonchev–Trinajstić information content (AvgIpc) is 2.42. The normalized spacial score (nSPS) is 11.6. The molecule has 0 spiro atoms. The summed E-state index contributed by atoms with van der Waals surface area (Å²) in [5.41, 5.74) is 0.324. The lowest BCUT2D eigenvalue weighted by Crippen LogP contribution is -2.29. The molecule has 0 unspecified atom stereocenters. The van der Waals surface area contributed by atoms with E-state index in [0.717, 1.165) is 10.4 Å². The Bertz CT molecular complexity index is 645. The van der Waals surface area contributed by atoms with Gasteiger partial charge in [-0.25, -0.2) is 17.1 Å². The number of aliphatic hydroxyl groups excluding tert-OH is 1. The maximum atomic E-state index is 14.0. The molecule has 1 rings (SSSR count). The molecule has 0 fully saturated rings. The molecule has 21 heavy (non-hydrogen) atoms. The quantitative estimate of drug-likeness (QED) is 0.844. The molecule has 4 nitrogen and oxygen atoms in total. The lowest BCUT2D eigenvalue weighted by molar-refractivity contribution is 0.350. The molecule has 0 bridgehead atoms. The second kappa shape index (κ2) is 7.55. The zero-order valence-electron chi connectivity index (χ0n) is 12.4. The molecule has 1 aromatic carbocycles. The molecule has 0 aromatic heterocycles. The van der Waals surface area contributed by atoms with Crippen molar-refractivity contribution in [3.05, 3.63) is 29.6 Å². The van der Waals surface area contributed by atoms with Crippen molar-refractivity contribution >= 4 is 10.0 Å². The zero-order valence-corrected chi connectivity index (χ0v) is 13.2. The summed E-state index contributed by atoms with van der Waals surface area (Å²) in [6.07, 6.45) is 0.706. The van der Waals surface area contributed by atoms with Crippen LogP contribution in [0.4, 0.5) is 4.39 Å². The highest BCUT2D eigenvalue weighted by molar-refractivity contribution is 7.89. The van der Waals surface area contributed by atoms with Crippen LogP contribution in [-0.4, -0.2) is 38.0 Å². The largest absolute Gasteiger partial charge is 0.384 e. The third kappa shape index (κ3) is 4.81. The first kappa shape index (κ1) is 17.6. The van der Waals surface area contributed by atoms with Gasteiger partial charge in [0.2, 0.25) is 10.0 Å². The molecule has 0 aliphatic rings. The maximum Gasteiger partial charge on any atom is 0.245 e. The number of nitrogens with zero attached hydrogens (tertiary/aromatic N) is 1. The summed E-state index contributed by atoms with van der Waals surface area (Å²) in [6.45, 7) is 4.00. The fraction of sp³-hybridized carbons (Fsp3) is 0.467. The average molecular weight is 313 g/mol.